The Bertz CT molecular complexity index is 329. The second kappa shape index (κ2) is 5.94. The van der Waals surface area contributed by atoms with Gasteiger partial charge in [-0.2, -0.15) is 0 Å². The summed E-state index contributed by atoms with van der Waals surface area (Å²) in [5, 5.41) is 10.7. The molecule has 0 aromatic carbocycles. The molecule has 0 radical (unpaired) electrons. The maximum Gasteiger partial charge on any atom is 0.0730 e. The van der Waals surface area contributed by atoms with Crippen LogP contribution in [0.4, 0.5) is 0 Å². The summed E-state index contributed by atoms with van der Waals surface area (Å²) in [5.41, 5.74) is 0.0984. The predicted molar refractivity (Wildman–Crippen MR) is 80.7 cm³/mol. The van der Waals surface area contributed by atoms with Crippen LogP contribution in [0.3, 0.4) is 0 Å². The number of hydrogen-bond donors (Lipinski definition) is 1. The molecule has 0 aromatic heterocycles. The van der Waals surface area contributed by atoms with Crippen LogP contribution >= 0.6 is 0 Å². The van der Waals surface area contributed by atoms with Gasteiger partial charge in [0.15, 0.2) is 0 Å². The Hall–Kier alpha value is -0.120. The molecule has 0 spiro atoms. The summed E-state index contributed by atoms with van der Waals surface area (Å²) in [6.07, 6.45) is 9.16. The van der Waals surface area contributed by atoms with Gasteiger partial charge in [0.1, 0.15) is 0 Å². The molecule has 0 amide bonds. The fourth-order valence-electron chi connectivity index (χ4n) is 4.66. The zero-order valence-corrected chi connectivity index (χ0v) is 13.2. The van der Waals surface area contributed by atoms with Crippen molar-refractivity contribution in [2.45, 2.75) is 77.0 Å². The fourth-order valence-corrected chi connectivity index (χ4v) is 4.66. The lowest BCUT2D eigenvalue weighted by molar-refractivity contribution is -0.109. The van der Waals surface area contributed by atoms with Gasteiger partial charge in [-0.3, -0.25) is 4.90 Å². The molecule has 0 aromatic rings. The van der Waals surface area contributed by atoms with E-state index in [9.17, 15) is 5.11 Å². The molecule has 4 atom stereocenters. The van der Waals surface area contributed by atoms with Crippen molar-refractivity contribution in [2.24, 2.45) is 11.3 Å². The normalized spacial score (nSPS) is 42.1. The molecule has 1 aliphatic heterocycles. The summed E-state index contributed by atoms with van der Waals surface area (Å²) in [7, 11) is 0. The minimum absolute atomic E-state index is 0.0984. The van der Waals surface area contributed by atoms with E-state index in [2.05, 4.69) is 18.7 Å². The van der Waals surface area contributed by atoms with E-state index in [4.69, 9.17) is 4.74 Å². The summed E-state index contributed by atoms with van der Waals surface area (Å²) in [4.78, 5) is 2.64. The average Bonchev–Trinajstić information content (AvgIpc) is 2.44. The number of fused-ring (bicyclic) bond motifs is 1. The fraction of sp³-hybridized carbons (Fsp3) is 1.00. The molecule has 3 nitrogen and oxygen atoms in total. The SMILES string of the molecule is CC1(C)CCCC(CN2CCOC3CCCCC32)C1O. The lowest BCUT2D eigenvalue weighted by Gasteiger charge is -2.48. The van der Waals surface area contributed by atoms with E-state index in [1.165, 1.54) is 44.9 Å². The number of aliphatic hydroxyl groups is 1. The Balaban J connectivity index is 1.64. The summed E-state index contributed by atoms with van der Waals surface area (Å²) in [5.74, 6) is 0.458. The van der Waals surface area contributed by atoms with Gasteiger partial charge >= 0.3 is 0 Å². The molecule has 1 N–H and O–H groups in total. The molecule has 1 saturated heterocycles. The smallest absolute Gasteiger partial charge is 0.0730 e. The lowest BCUT2D eigenvalue weighted by atomic mass is 9.69. The third-order valence-corrected chi connectivity index (χ3v) is 5.96. The van der Waals surface area contributed by atoms with Crippen molar-refractivity contribution in [3.63, 3.8) is 0 Å². The molecule has 20 heavy (non-hydrogen) atoms. The van der Waals surface area contributed by atoms with Gasteiger partial charge in [0.2, 0.25) is 0 Å². The third kappa shape index (κ3) is 2.90. The van der Waals surface area contributed by atoms with Gasteiger partial charge in [0.25, 0.3) is 0 Å². The van der Waals surface area contributed by atoms with Crippen molar-refractivity contribution in [1.82, 2.24) is 4.90 Å². The minimum atomic E-state index is -0.138. The number of hydrogen-bond acceptors (Lipinski definition) is 3. The first-order valence-corrected chi connectivity index (χ1v) is 8.62. The largest absolute Gasteiger partial charge is 0.392 e. The molecule has 3 rings (SSSR count). The molecule has 0 bridgehead atoms. The zero-order chi connectivity index (χ0) is 14.2. The van der Waals surface area contributed by atoms with E-state index in [0.717, 1.165) is 19.7 Å². The highest BCUT2D eigenvalue weighted by molar-refractivity contribution is 4.93. The van der Waals surface area contributed by atoms with E-state index in [0.29, 0.717) is 18.1 Å². The van der Waals surface area contributed by atoms with Crippen LogP contribution < -0.4 is 0 Å². The quantitative estimate of drug-likeness (QED) is 0.845. The third-order valence-electron chi connectivity index (χ3n) is 5.96. The molecule has 3 fully saturated rings. The summed E-state index contributed by atoms with van der Waals surface area (Å²) in [6.45, 7) is 7.48. The van der Waals surface area contributed by atoms with Crippen molar-refractivity contribution < 1.29 is 9.84 Å². The van der Waals surface area contributed by atoms with E-state index >= 15 is 0 Å². The van der Waals surface area contributed by atoms with Crippen LogP contribution in [0.25, 0.3) is 0 Å². The van der Waals surface area contributed by atoms with E-state index in [1.807, 2.05) is 0 Å². The second-order valence-corrected chi connectivity index (χ2v) is 7.84. The van der Waals surface area contributed by atoms with Gasteiger partial charge < -0.3 is 9.84 Å². The van der Waals surface area contributed by atoms with Gasteiger partial charge in [-0.25, -0.2) is 0 Å². The summed E-state index contributed by atoms with van der Waals surface area (Å²) >= 11 is 0. The first-order chi connectivity index (χ1) is 9.58. The Kier molecular flexibility index (Phi) is 4.40. The molecule has 2 saturated carbocycles. The Morgan fingerprint density at radius 1 is 1.15 bits per heavy atom. The number of nitrogens with zero attached hydrogens (tertiary/aromatic N) is 1. The maximum atomic E-state index is 10.7. The highest BCUT2D eigenvalue weighted by atomic mass is 16.5. The first-order valence-electron chi connectivity index (χ1n) is 8.62. The van der Waals surface area contributed by atoms with Crippen molar-refractivity contribution in [3.05, 3.63) is 0 Å². The Morgan fingerprint density at radius 2 is 1.95 bits per heavy atom. The number of aliphatic hydroxyl groups excluding tert-OH is 1. The van der Waals surface area contributed by atoms with Crippen LogP contribution in [-0.4, -0.2) is 48.0 Å². The molecule has 3 heteroatoms. The summed E-state index contributed by atoms with van der Waals surface area (Å²) in [6, 6.07) is 0.620. The monoisotopic (exact) mass is 281 g/mol. The highest BCUT2D eigenvalue weighted by Crippen LogP contribution is 2.40. The van der Waals surface area contributed by atoms with Crippen LogP contribution in [0.1, 0.15) is 58.8 Å². The predicted octanol–water partition coefficient (Wildman–Crippen LogP) is 2.82. The van der Waals surface area contributed by atoms with Crippen molar-refractivity contribution >= 4 is 0 Å². The standard InChI is InChI=1S/C17H31NO2/c1-17(2)9-5-6-13(16(17)19)12-18-10-11-20-15-8-4-3-7-14(15)18/h13-16,19H,3-12H2,1-2H3. The van der Waals surface area contributed by atoms with Crippen molar-refractivity contribution in [2.75, 3.05) is 19.7 Å². The first kappa shape index (κ1) is 14.8. The molecule has 1 heterocycles. The highest BCUT2D eigenvalue weighted by Gasteiger charge is 2.41. The van der Waals surface area contributed by atoms with E-state index in [1.54, 1.807) is 0 Å². The van der Waals surface area contributed by atoms with Crippen LogP contribution in [0, 0.1) is 11.3 Å². The Labute approximate surface area is 123 Å². The van der Waals surface area contributed by atoms with Crippen LogP contribution in [0.2, 0.25) is 0 Å². The van der Waals surface area contributed by atoms with Gasteiger partial charge in [-0.05, 0) is 37.0 Å². The number of rotatable bonds is 2. The van der Waals surface area contributed by atoms with Gasteiger partial charge in [-0.15, -0.1) is 0 Å². The molecule has 2 aliphatic carbocycles. The minimum Gasteiger partial charge on any atom is -0.392 e. The molecule has 3 aliphatic rings. The van der Waals surface area contributed by atoms with Crippen molar-refractivity contribution in [3.8, 4) is 0 Å². The second-order valence-electron chi connectivity index (χ2n) is 7.84. The van der Waals surface area contributed by atoms with Gasteiger partial charge in [0.05, 0.1) is 18.8 Å². The van der Waals surface area contributed by atoms with Crippen LogP contribution in [0.5, 0.6) is 0 Å². The number of morpholine rings is 1. The molecule has 116 valence electrons. The summed E-state index contributed by atoms with van der Waals surface area (Å²) < 4.78 is 5.96. The molecule has 4 unspecified atom stereocenters. The van der Waals surface area contributed by atoms with E-state index < -0.39 is 0 Å². The zero-order valence-electron chi connectivity index (χ0n) is 13.2. The van der Waals surface area contributed by atoms with Crippen LogP contribution in [0.15, 0.2) is 0 Å². The van der Waals surface area contributed by atoms with Gasteiger partial charge in [0, 0.05) is 19.1 Å². The Morgan fingerprint density at radius 3 is 2.80 bits per heavy atom. The molecular weight excluding hydrogens is 250 g/mol. The molecular formula is C17H31NO2. The topological polar surface area (TPSA) is 32.7 Å². The van der Waals surface area contributed by atoms with Crippen LogP contribution in [-0.2, 0) is 4.74 Å². The average molecular weight is 281 g/mol. The van der Waals surface area contributed by atoms with Crippen molar-refractivity contribution in [1.29, 1.82) is 0 Å². The maximum absolute atomic E-state index is 10.7. The van der Waals surface area contributed by atoms with E-state index in [-0.39, 0.29) is 11.5 Å². The van der Waals surface area contributed by atoms with Gasteiger partial charge in [-0.1, -0.05) is 33.1 Å². The number of ether oxygens (including phenoxy) is 1. The lowest BCUT2D eigenvalue weighted by Crippen LogP contribution is -2.55.